The maximum atomic E-state index is 13.0. The van der Waals surface area contributed by atoms with E-state index in [9.17, 15) is 9.59 Å². The molecule has 0 aromatic heterocycles. The highest BCUT2D eigenvalue weighted by Crippen LogP contribution is 2.44. The highest BCUT2D eigenvalue weighted by Gasteiger charge is 2.41. The van der Waals surface area contributed by atoms with Crippen molar-refractivity contribution in [1.29, 1.82) is 0 Å². The molecule has 0 unspecified atom stereocenters. The fourth-order valence-electron chi connectivity index (χ4n) is 4.60. The van der Waals surface area contributed by atoms with Gasteiger partial charge in [0.1, 0.15) is 11.4 Å². The first-order valence-electron chi connectivity index (χ1n) is 11.5. The normalized spacial score (nSPS) is 18.9. The summed E-state index contributed by atoms with van der Waals surface area (Å²) in [5.41, 5.74) is 4.80. The van der Waals surface area contributed by atoms with E-state index in [4.69, 9.17) is 4.84 Å². The van der Waals surface area contributed by atoms with Crippen LogP contribution in [0.15, 0.2) is 35.7 Å². The molecule has 0 atom stereocenters. The Morgan fingerprint density at radius 1 is 1.06 bits per heavy atom. The van der Waals surface area contributed by atoms with Gasteiger partial charge in [-0.3, -0.25) is 14.4 Å². The molecule has 1 saturated heterocycles. The maximum absolute atomic E-state index is 13.0. The molecule has 4 rings (SSSR count). The van der Waals surface area contributed by atoms with Crippen molar-refractivity contribution in [2.45, 2.75) is 32.6 Å². The van der Waals surface area contributed by atoms with E-state index >= 15 is 0 Å². The maximum Gasteiger partial charge on any atom is 0.282 e. The van der Waals surface area contributed by atoms with Crippen molar-refractivity contribution >= 4 is 23.1 Å². The van der Waals surface area contributed by atoms with Gasteiger partial charge in [0.15, 0.2) is 5.78 Å². The number of rotatable bonds is 9. The van der Waals surface area contributed by atoms with Gasteiger partial charge in [-0.1, -0.05) is 25.5 Å². The number of fused-ring (bicyclic) bond motifs is 3. The van der Waals surface area contributed by atoms with Gasteiger partial charge in [0.05, 0.1) is 18.0 Å². The number of para-hydroxylation sites is 2. The Labute approximate surface area is 184 Å². The van der Waals surface area contributed by atoms with Crippen molar-refractivity contribution in [3.8, 4) is 0 Å². The van der Waals surface area contributed by atoms with Crippen LogP contribution in [-0.2, 0) is 14.4 Å². The minimum absolute atomic E-state index is 0.130. The van der Waals surface area contributed by atoms with Gasteiger partial charge in [0, 0.05) is 32.6 Å². The van der Waals surface area contributed by atoms with Crippen LogP contribution in [0, 0.1) is 0 Å². The van der Waals surface area contributed by atoms with Crippen LogP contribution in [0.3, 0.4) is 0 Å². The van der Waals surface area contributed by atoms with Crippen molar-refractivity contribution in [1.82, 2.24) is 15.7 Å². The van der Waals surface area contributed by atoms with Crippen LogP contribution in [0.2, 0.25) is 0 Å². The van der Waals surface area contributed by atoms with Crippen LogP contribution in [0.25, 0.3) is 0 Å². The lowest BCUT2D eigenvalue weighted by molar-refractivity contribution is -0.132. The van der Waals surface area contributed by atoms with E-state index in [1.54, 1.807) is 0 Å². The third-order valence-electron chi connectivity index (χ3n) is 6.15. The first-order valence-corrected chi connectivity index (χ1v) is 11.5. The number of amides is 1. The predicted octanol–water partition coefficient (Wildman–Crippen LogP) is 1.64. The van der Waals surface area contributed by atoms with E-state index in [2.05, 4.69) is 37.6 Å². The average Bonchev–Trinajstić information content (AvgIpc) is 3.11. The number of hydrogen-bond donors (Lipinski definition) is 2. The van der Waals surface area contributed by atoms with E-state index in [1.807, 2.05) is 19.1 Å². The highest BCUT2D eigenvalue weighted by molar-refractivity contribution is 6.22. The Balaban J connectivity index is 1.57. The molecule has 3 aliphatic heterocycles. The number of piperidine rings is 1. The van der Waals surface area contributed by atoms with Crippen molar-refractivity contribution in [2.24, 2.45) is 0 Å². The quantitative estimate of drug-likeness (QED) is 0.352. The molecule has 8 nitrogen and oxygen atoms in total. The van der Waals surface area contributed by atoms with Gasteiger partial charge >= 0.3 is 0 Å². The predicted molar refractivity (Wildman–Crippen MR) is 121 cm³/mol. The summed E-state index contributed by atoms with van der Waals surface area (Å²) in [6.45, 7) is 8.30. The third-order valence-corrected chi connectivity index (χ3v) is 6.15. The first-order chi connectivity index (χ1) is 15.2. The average molecular weight is 428 g/mol. The van der Waals surface area contributed by atoms with Crippen molar-refractivity contribution in [3.63, 3.8) is 0 Å². The minimum Gasteiger partial charge on any atom is -0.325 e. The van der Waals surface area contributed by atoms with Gasteiger partial charge in [-0.05, 0) is 44.6 Å². The van der Waals surface area contributed by atoms with E-state index in [0.29, 0.717) is 31.9 Å². The Kier molecular flexibility index (Phi) is 7.21. The Morgan fingerprint density at radius 2 is 1.84 bits per heavy atom. The summed E-state index contributed by atoms with van der Waals surface area (Å²) < 4.78 is 0. The standard InChI is InChI=1S/C23H33N5O3/c1-2-24-11-17-31-25-22(30)21-20(29)10-14-27-18-8-4-5-9-19(18)28(23(21)27)16-15-26-12-6-3-7-13-26/h4-5,8-9,24H,2-3,6-7,10-17H2,1H3,(H,25,30). The van der Waals surface area contributed by atoms with E-state index in [1.165, 1.54) is 19.3 Å². The molecule has 1 aromatic rings. The van der Waals surface area contributed by atoms with Gasteiger partial charge in [-0.25, -0.2) is 5.48 Å². The SMILES string of the molecule is CCNCCONC(=O)C1=C2N(CCC1=O)c1ccccc1N2CCN1CCCCC1. The number of ketones is 1. The second kappa shape index (κ2) is 10.3. The molecule has 1 amide bonds. The minimum atomic E-state index is -0.461. The molecule has 0 aliphatic carbocycles. The Morgan fingerprint density at radius 3 is 2.61 bits per heavy atom. The smallest absolute Gasteiger partial charge is 0.282 e. The summed E-state index contributed by atoms with van der Waals surface area (Å²) >= 11 is 0. The molecule has 1 aromatic carbocycles. The summed E-state index contributed by atoms with van der Waals surface area (Å²) in [6.07, 6.45) is 4.09. The summed E-state index contributed by atoms with van der Waals surface area (Å²) in [5, 5.41) is 3.14. The van der Waals surface area contributed by atoms with Crippen LogP contribution in [0.1, 0.15) is 32.6 Å². The van der Waals surface area contributed by atoms with Gasteiger partial charge in [-0.2, -0.15) is 0 Å². The molecular weight excluding hydrogens is 394 g/mol. The summed E-state index contributed by atoms with van der Waals surface area (Å²) in [7, 11) is 0. The lowest BCUT2D eigenvalue weighted by Gasteiger charge is -2.33. The van der Waals surface area contributed by atoms with Crippen molar-refractivity contribution < 1.29 is 14.4 Å². The monoisotopic (exact) mass is 427 g/mol. The molecule has 8 heteroatoms. The summed E-state index contributed by atoms with van der Waals surface area (Å²) in [6, 6.07) is 8.15. The Bertz CT molecular complexity index is 834. The molecule has 0 saturated carbocycles. The number of carbonyl (C=O) groups is 2. The first kappa shape index (κ1) is 21.8. The van der Waals surface area contributed by atoms with Gasteiger partial charge < -0.3 is 20.0 Å². The Hall–Kier alpha value is -2.42. The van der Waals surface area contributed by atoms with Crippen LogP contribution in [0.4, 0.5) is 11.4 Å². The number of likely N-dealkylation sites (tertiary alicyclic amines) is 1. The van der Waals surface area contributed by atoms with E-state index < -0.39 is 5.91 Å². The summed E-state index contributed by atoms with van der Waals surface area (Å²) in [4.78, 5) is 37.9. The number of anilines is 2. The molecule has 0 radical (unpaired) electrons. The lowest BCUT2D eigenvalue weighted by atomic mass is 10.0. The number of nitrogens with zero attached hydrogens (tertiary/aromatic N) is 3. The molecule has 168 valence electrons. The number of nitrogens with one attached hydrogen (secondary N) is 2. The van der Waals surface area contributed by atoms with Crippen LogP contribution in [0.5, 0.6) is 0 Å². The van der Waals surface area contributed by atoms with E-state index in [-0.39, 0.29) is 11.4 Å². The fraction of sp³-hybridized carbons (Fsp3) is 0.565. The van der Waals surface area contributed by atoms with Crippen molar-refractivity contribution in [2.75, 3.05) is 62.2 Å². The molecule has 1 fully saturated rings. The molecule has 3 aliphatic rings. The second-order valence-electron chi connectivity index (χ2n) is 8.20. The molecule has 3 heterocycles. The molecule has 31 heavy (non-hydrogen) atoms. The fourth-order valence-corrected chi connectivity index (χ4v) is 4.60. The van der Waals surface area contributed by atoms with Gasteiger partial charge in [-0.15, -0.1) is 0 Å². The number of likely N-dealkylation sites (N-methyl/N-ethyl adjacent to an activating group) is 1. The summed E-state index contributed by atoms with van der Waals surface area (Å²) in [5.74, 6) is 0.106. The number of benzene rings is 1. The number of hydrogen-bond acceptors (Lipinski definition) is 7. The topological polar surface area (TPSA) is 77.1 Å². The number of Topliss-reactive ketones (excluding diaryl/α,β-unsaturated/α-hetero) is 1. The molecule has 0 spiro atoms. The molecule has 0 bridgehead atoms. The van der Waals surface area contributed by atoms with E-state index in [0.717, 1.165) is 44.1 Å². The van der Waals surface area contributed by atoms with Crippen LogP contribution >= 0.6 is 0 Å². The lowest BCUT2D eigenvalue weighted by Crippen LogP contribution is -2.44. The zero-order chi connectivity index (χ0) is 21.6. The van der Waals surface area contributed by atoms with Gasteiger partial charge in [0.2, 0.25) is 0 Å². The molecule has 2 N–H and O–H groups in total. The zero-order valence-corrected chi connectivity index (χ0v) is 18.4. The third kappa shape index (κ3) is 4.76. The molecular formula is C23H33N5O3. The number of carbonyl (C=O) groups excluding carboxylic acids is 2. The highest BCUT2D eigenvalue weighted by atomic mass is 16.6. The van der Waals surface area contributed by atoms with Gasteiger partial charge in [0.25, 0.3) is 5.91 Å². The van der Waals surface area contributed by atoms with Crippen LogP contribution < -0.4 is 20.6 Å². The zero-order valence-electron chi connectivity index (χ0n) is 18.4. The second-order valence-corrected chi connectivity index (χ2v) is 8.20. The number of hydroxylamine groups is 1. The van der Waals surface area contributed by atoms with Crippen molar-refractivity contribution in [3.05, 3.63) is 35.7 Å². The largest absolute Gasteiger partial charge is 0.325 e. The van der Waals surface area contributed by atoms with Crippen LogP contribution in [-0.4, -0.2) is 69.0 Å².